The van der Waals surface area contributed by atoms with Crippen molar-refractivity contribution in [3.05, 3.63) is 101 Å². The van der Waals surface area contributed by atoms with Crippen LogP contribution in [-0.2, 0) is 16.1 Å². The predicted octanol–water partition coefficient (Wildman–Crippen LogP) is 5.63. The van der Waals surface area contributed by atoms with Gasteiger partial charge in [-0.25, -0.2) is 0 Å². The number of benzene rings is 3. The largest absolute Gasteiger partial charge is 0.497 e. The number of ether oxygens (including phenoxy) is 1. The summed E-state index contributed by atoms with van der Waals surface area (Å²) in [5, 5.41) is 6.65. The van der Waals surface area contributed by atoms with Gasteiger partial charge in [0.25, 0.3) is 0 Å². The standard InChI is InChI=1S/C31H33N3O3/c1-31(2)17-25-29(27(35)18-31)30(22-9-5-4-6-10-22)34(26-12-8-7-11-24(26)33-25)20-28(36)32-19-21-13-15-23(37-3)16-14-21/h4-16,30,33H,17-20H2,1-3H3,(H,32,36). The summed E-state index contributed by atoms with van der Waals surface area (Å²) < 4.78 is 5.23. The third kappa shape index (κ3) is 5.24. The Morgan fingerprint density at radius 3 is 2.43 bits per heavy atom. The van der Waals surface area contributed by atoms with Crippen molar-refractivity contribution in [1.29, 1.82) is 0 Å². The first-order valence-electron chi connectivity index (χ1n) is 12.7. The van der Waals surface area contributed by atoms with Crippen LogP contribution in [0, 0.1) is 5.41 Å². The average Bonchev–Trinajstić information content (AvgIpc) is 3.02. The van der Waals surface area contributed by atoms with Crippen molar-refractivity contribution >= 4 is 23.1 Å². The van der Waals surface area contributed by atoms with Crippen molar-refractivity contribution in [2.45, 2.75) is 39.3 Å². The fourth-order valence-corrected chi connectivity index (χ4v) is 5.36. The van der Waals surface area contributed by atoms with Gasteiger partial charge < -0.3 is 20.3 Å². The smallest absolute Gasteiger partial charge is 0.239 e. The zero-order valence-electron chi connectivity index (χ0n) is 21.6. The number of nitrogens with zero attached hydrogens (tertiary/aromatic N) is 1. The maximum Gasteiger partial charge on any atom is 0.239 e. The number of allylic oxidation sites excluding steroid dienone is 1. The lowest BCUT2D eigenvalue weighted by Crippen LogP contribution is -2.41. The first-order valence-corrected chi connectivity index (χ1v) is 12.7. The molecule has 1 atom stereocenters. The molecule has 0 saturated carbocycles. The summed E-state index contributed by atoms with van der Waals surface area (Å²) in [5.41, 5.74) is 5.35. The molecule has 190 valence electrons. The molecule has 0 spiro atoms. The minimum Gasteiger partial charge on any atom is -0.497 e. The van der Waals surface area contributed by atoms with Crippen LogP contribution in [0.2, 0.25) is 0 Å². The van der Waals surface area contributed by atoms with Crippen LogP contribution in [0.15, 0.2) is 90.1 Å². The van der Waals surface area contributed by atoms with E-state index in [1.807, 2.05) is 78.9 Å². The van der Waals surface area contributed by atoms with Gasteiger partial charge in [-0.3, -0.25) is 9.59 Å². The van der Waals surface area contributed by atoms with Gasteiger partial charge in [-0.1, -0.05) is 68.4 Å². The summed E-state index contributed by atoms with van der Waals surface area (Å²) >= 11 is 0. The number of fused-ring (bicyclic) bond motifs is 1. The molecule has 6 heteroatoms. The molecule has 1 amide bonds. The van der Waals surface area contributed by atoms with Gasteiger partial charge >= 0.3 is 0 Å². The van der Waals surface area contributed by atoms with Crippen molar-refractivity contribution in [2.24, 2.45) is 5.41 Å². The van der Waals surface area contributed by atoms with E-state index >= 15 is 0 Å². The van der Waals surface area contributed by atoms with Crippen LogP contribution in [0.25, 0.3) is 0 Å². The van der Waals surface area contributed by atoms with E-state index in [2.05, 4.69) is 29.4 Å². The van der Waals surface area contributed by atoms with Gasteiger partial charge in [0.15, 0.2) is 5.78 Å². The molecule has 1 aliphatic heterocycles. The van der Waals surface area contributed by atoms with Gasteiger partial charge in [-0.05, 0) is 47.2 Å². The Morgan fingerprint density at radius 1 is 1.00 bits per heavy atom. The molecular weight excluding hydrogens is 462 g/mol. The van der Waals surface area contributed by atoms with Crippen LogP contribution in [-0.4, -0.2) is 25.3 Å². The predicted molar refractivity (Wildman–Crippen MR) is 146 cm³/mol. The van der Waals surface area contributed by atoms with Crippen LogP contribution in [0.5, 0.6) is 5.75 Å². The Labute approximate surface area is 218 Å². The number of methoxy groups -OCH3 is 1. The number of nitrogens with one attached hydrogen (secondary N) is 2. The normalized spacial score (nSPS) is 18.3. The van der Waals surface area contributed by atoms with Gasteiger partial charge in [0.1, 0.15) is 5.75 Å². The molecule has 1 aliphatic carbocycles. The van der Waals surface area contributed by atoms with Crippen LogP contribution >= 0.6 is 0 Å². The third-order valence-corrected chi connectivity index (χ3v) is 7.08. The number of hydrogen-bond donors (Lipinski definition) is 2. The summed E-state index contributed by atoms with van der Waals surface area (Å²) in [7, 11) is 1.63. The summed E-state index contributed by atoms with van der Waals surface area (Å²) in [4.78, 5) is 29.1. The summed E-state index contributed by atoms with van der Waals surface area (Å²) in [5.74, 6) is 0.794. The second kappa shape index (κ2) is 10.1. The molecule has 2 aliphatic rings. The lowest BCUT2D eigenvalue weighted by Gasteiger charge is -2.37. The molecule has 3 aromatic rings. The lowest BCUT2D eigenvalue weighted by molar-refractivity contribution is -0.120. The first kappa shape index (κ1) is 24.6. The number of carbonyl (C=O) groups excluding carboxylic acids is 2. The molecule has 2 N–H and O–H groups in total. The second-order valence-corrected chi connectivity index (χ2v) is 10.5. The van der Waals surface area contributed by atoms with E-state index in [0.29, 0.717) is 13.0 Å². The van der Waals surface area contributed by atoms with Crippen molar-refractivity contribution in [2.75, 3.05) is 23.9 Å². The number of carbonyl (C=O) groups is 2. The molecule has 37 heavy (non-hydrogen) atoms. The van der Waals surface area contributed by atoms with Crippen molar-refractivity contribution < 1.29 is 14.3 Å². The Morgan fingerprint density at radius 2 is 1.70 bits per heavy atom. The highest BCUT2D eigenvalue weighted by Crippen LogP contribution is 2.48. The number of rotatable bonds is 6. The van der Waals surface area contributed by atoms with Crippen LogP contribution in [0.3, 0.4) is 0 Å². The van der Waals surface area contributed by atoms with Gasteiger partial charge in [0.2, 0.25) is 5.91 Å². The summed E-state index contributed by atoms with van der Waals surface area (Å²) in [6.45, 7) is 4.79. The number of ketones is 1. The summed E-state index contributed by atoms with van der Waals surface area (Å²) in [6.07, 6.45) is 1.24. The molecule has 6 nitrogen and oxygen atoms in total. The molecule has 0 radical (unpaired) electrons. The Hall–Kier alpha value is -4.06. The van der Waals surface area contributed by atoms with Crippen LogP contribution in [0.4, 0.5) is 11.4 Å². The van der Waals surface area contributed by atoms with Gasteiger partial charge in [0.05, 0.1) is 31.1 Å². The second-order valence-electron chi connectivity index (χ2n) is 10.5. The Balaban J connectivity index is 1.51. The number of para-hydroxylation sites is 2. The number of amides is 1. The van der Waals surface area contributed by atoms with Crippen molar-refractivity contribution in [3.8, 4) is 5.75 Å². The van der Waals surface area contributed by atoms with E-state index in [1.165, 1.54) is 0 Å². The summed E-state index contributed by atoms with van der Waals surface area (Å²) in [6, 6.07) is 25.3. The quantitative estimate of drug-likeness (QED) is 0.464. The minimum absolute atomic E-state index is 0.112. The molecule has 0 bridgehead atoms. The zero-order valence-corrected chi connectivity index (χ0v) is 21.6. The fraction of sp³-hybridized carbons (Fsp3) is 0.290. The number of anilines is 2. The maximum atomic E-state index is 13.7. The fourth-order valence-electron chi connectivity index (χ4n) is 5.36. The zero-order chi connectivity index (χ0) is 26.0. The van der Waals surface area contributed by atoms with Gasteiger partial charge in [-0.2, -0.15) is 0 Å². The van der Waals surface area contributed by atoms with Crippen LogP contribution < -0.4 is 20.3 Å². The van der Waals surface area contributed by atoms with Gasteiger partial charge in [-0.15, -0.1) is 0 Å². The Bertz CT molecular complexity index is 1330. The van der Waals surface area contributed by atoms with E-state index < -0.39 is 0 Å². The molecule has 5 rings (SSSR count). The molecule has 0 saturated heterocycles. The highest BCUT2D eigenvalue weighted by Gasteiger charge is 2.41. The van der Waals surface area contributed by atoms with Crippen molar-refractivity contribution in [3.63, 3.8) is 0 Å². The highest BCUT2D eigenvalue weighted by atomic mass is 16.5. The SMILES string of the molecule is COc1ccc(CNC(=O)CN2c3ccccc3NC3=C(C(=O)CC(C)(C)C3)C2c2ccccc2)cc1. The maximum absolute atomic E-state index is 13.7. The molecule has 0 fully saturated rings. The topological polar surface area (TPSA) is 70.7 Å². The van der Waals surface area contributed by atoms with Crippen molar-refractivity contribution in [1.82, 2.24) is 5.32 Å². The molecule has 0 aromatic heterocycles. The van der Waals surface area contributed by atoms with E-state index in [-0.39, 0.29) is 29.7 Å². The van der Waals surface area contributed by atoms with E-state index in [4.69, 9.17) is 4.74 Å². The average molecular weight is 496 g/mol. The van der Waals surface area contributed by atoms with E-state index in [0.717, 1.165) is 45.9 Å². The number of hydrogen-bond acceptors (Lipinski definition) is 5. The minimum atomic E-state index is -0.373. The molecule has 1 unspecified atom stereocenters. The monoisotopic (exact) mass is 495 g/mol. The number of Topliss-reactive ketones (excluding diaryl/α,β-unsaturated/α-hetero) is 1. The van der Waals surface area contributed by atoms with E-state index in [1.54, 1.807) is 7.11 Å². The van der Waals surface area contributed by atoms with E-state index in [9.17, 15) is 9.59 Å². The molecule has 3 aromatic carbocycles. The van der Waals surface area contributed by atoms with Crippen LogP contribution in [0.1, 0.15) is 43.9 Å². The molecule has 1 heterocycles. The van der Waals surface area contributed by atoms with Gasteiger partial charge in [0, 0.05) is 24.2 Å². The first-order chi connectivity index (χ1) is 17.8. The highest BCUT2D eigenvalue weighted by molar-refractivity contribution is 6.01. The lowest BCUT2D eigenvalue weighted by atomic mass is 9.73. The molecular formula is C31H33N3O3. The Kier molecular flexibility index (Phi) is 6.74. The third-order valence-electron chi connectivity index (χ3n) is 7.08.